The molecule has 0 amide bonds. The molecular formula is C55H90O14. The number of hydrogen-bond donors (Lipinski definition) is 7. The van der Waals surface area contributed by atoms with E-state index in [2.05, 4.69) is 111 Å². The maximum absolute atomic E-state index is 13.0. The second kappa shape index (κ2) is 41.5. The molecule has 11 unspecified atom stereocenters. The van der Waals surface area contributed by atoms with E-state index in [0.717, 1.165) is 96.3 Å². The van der Waals surface area contributed by atoms with Crippen molar-refractivity contribution in [3.05, 3.63) is 97.2 Å². The lowest BCUT2D eigenvalue weighted by Crippen LogP contribution is -2.61. The Morgan fingerprint density at radius 2 is 0.899 bits per heavy atom. The molecule has 0 aromatic rings. The molecule has 2 aliphatic heterocycles. The minimum atomic E-state index is -1.72. The first kappa shape index (κ1) is 62.0. The summed E-state index contributed by atoms with van der Waals surface area (Å²) in [4.78, 5) is 13.0. The van der Waals surface area contributed by atoms with Crippen molar-refractivity contribution in [2.75, 3.05) is 33.0 Å². The van der Waals surface area contributed by atoms with Crippen LogP contribution in [0.2, 0.25) is 0 Å². The van der Waals surface area contributed by atoms with Gasteiger partial charge in [-0.2, -0.15) is 0 Å². The van der Waals surface area contributed by atoms with Gasteiger partial charge in [-0.3, -0.25) is 4.79 Å². The van der Waals surface area contributed by atoms with Gasteiger partial charge in [0.15, 0.2) is 12.6 Å². The van der Waals surface area contributed by atoms with Crippen LogP contribution < -0.4 is 0 Å². The third-order valence-electron chi connectivity index (χ3n) is 11.6. The Labute approximate surface area is 413 Å². The van der Waals surface area contributed by atoms with Crippen molar-refractivity contribution in [1.29, 1.82) is 0 Å². The van der Waals surface area contributed by atoms with Crippen molar-refractivity contribution < 1.29 is 69.0 Å². The van der Waals surface area contributed by atoms with Crippen LogP contribution in [-0.4, -0.2) is 142 Å². The summed E-state index contributed by atoms with van der Waals surface area (Å²) in [6.45, 7) is 3.34. The number of unbranched alkanes of at least 4 members (excludes halogenated alkanes) is 9. The first-order chi connectivity index (χ1) is 33.6. The van der Waals surface area contributed by atoms with E-state index in [4.69, 9.17) is 28.4 Å². The molecule has 394 valence electrons. The fourth-order valence-corrected chi connectivity index (χ4v) is 7.44. The minimum Gasteiger partial charge on any atom is -0.457 e. The molecule has 2 fully saturated rings. The molecule has 0 aromatic heterocycles. The van der Waals surface area contributed by atoms with Crippen LogP contribution in [0, 0.1) is 0 Å². The summed E-state index contributed by atoms with van der Waals surface area (Å²) in [6.07, 6.45) is 37.6. The highest BCUT2D eigenvalue weighted by molar-refractivity contribution is 5.69. The molecule has 14 heteroatoms. The molecule has 11 atom stereocenters. The Morgan fingerprint density at radius 3 is 1.41 bits per heavy atom. The molecule has 0 saturated carbocycles. The van der Waals surface area contributed by atoms with Crippen LogP contribution >= 0.6 is 0 Å². The van der Waals surface area contributed by atoms with Crippen LogP contribution in [0.1, 0.15) is 142 Å². The Hall–Kier alpha value is -3.09. The van der Waals surface area contributed by atoms with Gasteiger partial charge in [0.25, 0.3) is 0 Å². The molecule has 14 nitrogen and oxygen atoms in total. The summed E-state index contributed by atoms with van der Waals surface area (Å²) < 4.78 is 34.2. The summed E-state index contributed by atoms with van der Waals surface area (Å²) in [5.41, 5.74) is 0. The van der Waals surface area contributed by atoms with E-state index in [9.17, 15) is 40.5 Å². The van der Waals surface area contributed by atoms with Crippen LogP contribution in [0.3, 0.4) is 0 Å². The van der Waals surface area contributed by atoms with Gasteiger partial charge in [0.05, 0.1) is 26.4 Å². The molecule has 0 aromatic carbocycles. The Bertz CT molecular complexity index is 1500. The monoisotopic (exact) mass is 975 g/mol. The average Bonchev–Trinajstić information content (AvgIpc) is 3.35. The van der Waals surface area contributed by atoms with E-state index in [1.54, 1.807) is 0 Å². The van der Waals surface area contributed by atoms with Crippen LogP contribution in [0.15, 0.2) is 97.2 Å². The van der Waals surface area contributed by atoms with E-state index in [1.165, 1.54) is 19.3 Å². The van der Waals surface area contributed by atoms with Crippen molar-refractivity contribution in [3.63, 3.8) is 0 Å². The number of aliphatic hydroxyl groups excluding tert-OH is 7. The second-order valence-electron chi connectivity index (χ2n) is 17.6. The summed E-state index contributed by atoms with van der Waals surface area (Å²) >= 11 is 0. The van der Waals surface area contributed by atoms with Gasteiger partial charge >= 0.3 is 5.97 Å². The average molecular weight is 975 g/mol. The van der Waals surface area contributed by atoms with E-state index >= 15 is 0 Å². The molecule has 0 spiro atoms. The normalized spacial score (nSPS) is 26.5. The molecule has 2 heterocycles. The highest BCUT2D eigenvalue weighted by Crippen LogP contribution is 2.26. The highest BCUT2D eigenvalue weighted by Gasteiger charge is 2.47. The molecule has 0 radical (unpaired) electrons. The molecule has 0 bridgehead atoms. The van der Waals surface area contributed by atoms with Gasteiger partial charge in [-0.05, 0) is 89.9 Å². The summed E-state index contributed by atoms with van der Waals surface area (Å²) in [5, 5.41) is 72.1. The fraction of sp³-hybridized carbons (Fsp3) is 0.691. The molecule has 2 saturated heterocycles. The minimum absolute atomic E-state index is 0.0304. The fourth-order valence-electron chi connectivity index (χ4n) is 7.44. The lowest BCUT2D eigenvalue weighted by molar-refractivity contribution is -0.332. The van der Waals surface area contributed by atoms with Crippen molar-refractivity contribution in [1.82, 2.24) is 0 Å². The van der Waals surface area contributed by atoms with Gasteiger partial charge in [0, 0.05) is 13.0 Å². The topological polar surface area (TPSA) is 214 Å². The first-order valence-corrected chi connectivity index (χ1v) is 25.8. The summed E-state index contributed by atoms with van der Waals surface area (Å²) in [5.74, 6) is -0.425. The van der Waals surface area contributed by atoms with Gasteiger partial charge in [-0.25, -0.2) is 0 Å². The summed E-state index contributed by atoms with van der Waals surface area (Å²) in [6, 6.07) is 0. The number of allylic oxidation sites excluding steroid dienone is 16. The molecule has 69 heavy (non-hydrogen) atoms. The second-order valence-corrected chi connectivity index (χ2v) is 17.6. The maximum atomic E-state index is 13.0. The Kier molecular flexibility index (Phi) is 37.3. The number of rotatable bonds is 39. The number of carbonyl (C=O) groups is 1. The predicted octanol–water partition coefficient (Wildman–Crippen LogP) is 7.85. The van der Waals surface area contributed by atoms with E-state index in [1.807, 2.05) is 0 Å². The number of hydrogen-bond acceptors (Lipinski definition) is 14. The van der Waals surface area contributed by atoms with Crippen molar-refractivity contribution in [2.45, 2.75) is 210 Å². The quantitative estimate of drug-likeness (QED) is 0.0178. The molecule has 0 aliphatic carbocycles. The first-order valence-electron chi connectivity index (χ1n) is 25.8. The van der Waals surface area contributed by atoms with Crippen LogP contribution in [0.4, 0.5) is 0 Å². The van der Waals surface area contributed by atoms with Gasteiger partial charge in [0.2, 0.25) is 0 Å². The predicted molar refractivity (Wildman–Crippen MR) is 270 cm³/mol. The van der Waals surface area contributed by atoms with Gasteiger partial charge in [0.1, 0.15) is 54.9 Å². The van der Waals surface area contributed by atoms with Crippen LogP contribution in [0.25, 0.3) is 0 Å². The number of esters is 1. The Morgan fingerprint density at radius 1 is 0.478 bits per heavy atom. The van der Waals surface area contributed by atoms with Gasteiger partial charge in [-0.15, -0.1) is 0 Å². The zero-order valence-corrected chi connectivity index (χ0v) is 41.8. The van der Waals surface area contributed by atoms with Crippen LogP contribution in [0.5, 0.6) is 0 Å². The smallest absolute Gasteiger partial charge is 0.306 e. The van der Waals surface area contributed by atoms with Crippen LogP contribution in [-0.2, 0) is 33.2 Å². The van der Waals surface area contributed by atoms with Gasteiger partial charge < -0.3 is 64.2 Å². The van der Waals surface area contributed by atoms with Gasteiger partial charge in [-0.1, -0.05) is 143 Å². The lowest BCUT2D eigenvalue weighted by Gasteiger charge is -2.42. The van der Waals surface area contributed by atoms with E-state index < -0.39 is 86.7 Å². The van der Waals surface area contributed by atoms with Crippen molar-refractivity contribution in [3.8, 4) is 0 Å². The summed E-state index contributed by atoms with van der Waals surface area (Å²) in [7, 11) is 0. The highest BCUT2D eigenvalue weighted by atomic mass is 16.7. The lowest BCUT2D eigenvalue weighted by atomic mass is 9.98. The Balaban J connectivity index is 1.79. The number of ether oxygens (including phenoxy) is 6. The molecule has 7 N–H and O–H groups in total. The molecular weight excluding hydrogens is 885 g/mol. The molecule has 2 aliphatic rings. The number of aliphatic hydroxyl groups is 7. The zero-order chi connectivity index (χ0) is 50.2. The van der Waals surface area contributed by atoms with Crippen molar-refractivity contribution in [2.24, 2.45) is 0 Å². The molecule has 2 rings (SSSR count). The third-order valence-corrected chi connectivity index (χ3v) is 11.6. The maximum Gasteiger partial charge on any atom is 0.306 e. The standard InChI is InChI=1S/C55H90O14/c1-3-5-7-9-11-13-15-17-19-20-21-22-23-25-27-29-31-33-35-37-39-64-41-44(67-47(57)38-36-34-32-30-28-26-24-18-16-14-12-10-8-6-4-2)42-65-54-53(63)51(61)49(59)46(69-54)43-66-55-52(62)50(60)48(58)45(40-56)68-55/h5-8,11-14,17-19,21-22,24,28,30,44-46,48-56,58-63H,3-4,9-10,15-16,20,23,25-27,29,31-43H2,1-2H3/b7-5-,8-6-,13-11-,14-12-,19-17-,22-21-,24-18-,30-28-. The van der Waals surface area contributed by atoms with E-state index in [0.29, 0.717) is 13.0 Å². The SMILES string of the molecule is CC/C=C\C/C=C\C/C=C\C/C=C\CCCCCCCCCOCC(COC1OC(COC2OC(CO)C(O)C(O)C2O)C(O)C(O)C1O)OC(=O)CCCC/C=C\C/C=C\C/C=C\C/C=C\CC. The van der Waals surface area contributed by atoms with Crippen molar-refractivity contribution >= 4 is 5.97 Å². The van der Waals surface area contributed by atoms with E-state index in [-0.39, 0.29) is 19.6 Å². The zero-order valence-electron chi connectivity index (χ0n) is 41.8. The number of carbonyl (C=O) groups excluding carboxylic acids is 1. The largest absolute Gasteiger partial charge is 0.457 e. The third kappa shape index (κ3) is 29.1.